The number of anilines is 1. The van der Waals surface area contributed by atoms with Gasteiger partial charge in [-0.05, 0) is 53.9 Å². The standard InChI is InChI=1S/C26H22Cl2N2O3/c27-14-6-9-19(28)20(11-14)29-24(31)21(10-13-4-2-1-3-5-13)30-25(32)22-15-7-8-16(18-12-17(15)18)23(22)26(30)33/h1-9,11,15-18,21-23H,10,12H2,(H,29,31)/t15-,16-,17-,18+,21-,22-,23+/m0/s1. The van der Waals surface area contributed by atoms with Crippen molar-refractivity contribution in [3.05, 3.63) is 76.3 Å². The molecule has 5 aliphatic rings. The zero-order valence-electron chi connectivity index (χ0n) is 17.7. The molecule has 1 saturated heterocycles. The summed E-state index contributed by atoms with van der Waals surface area (Å²) in [5, 5.41) is 3.57. The average molecular weight is 481 g/mol. The van der Waals surface area contributed by atoms with Crippen molar-refractivity contribution in [2.75, 3.05) is 5.32 Å². The summed E-state index contributed by atoms with van der Waals surface area (Å²) >= 11 is 12.3. The molecule has 3 amide bonds. The second-order valence-electron chi connectivity index (χ2n) is 9.52. The molecule has 0 unspecified atom stereocenters. The third-order valence-corrected chi connectivity index (χ3v) is 8.33. The second-order valence-corrected chi connectivity index (χ2v) is 10.4. The smallest absolute Gasteiger partial charge is 0.248 e. The Labute approximate surface area is 201 Å². The predicted octanol–water partition coefficient (Wildman–Crippen LogP) is 4.60. The normalized spacial score (nSPS) is 31.9. The maximum Gasteiger partial charge on any atom is 0.248 e. The largest absolute Gasteiger partial charge is 0.323 e. The van der Waals surface area contributed by atoms with Crippen molar-refractivity contribution in [2.24, 2.45) is 35.5 Å². The van der Waals surface area contributed by atoms with Crippen LogP contribution < -0.4 is 5.32 Å². The summed E-state index contributed by atoms with van der Waals surface area (Å²) in [6.07, 6.45) is 5.59. The molecule has 2 aromatic carbocycles. The van der Waals surface area contributed by atoms with Crippen molar-refractivity contribution in [3.8, 4) is 0 Å². The van der Waals surface area contributed by atoms with Gasteiger partial charge in [-0.15, -0.1) is 0 Å². The van der Waals surface area contributed by atoms with Gasteiger partial charge in [0.1, 0.15) is 6.04 Å². The van der Waals surface area contributed by atoms with Crippen LogP contribution in [-0.4, -0.2) is 28.7 Å². The van der Waals surface area contributed by atoms with E-state index >= 15 is 0 Å². The van der Waals surface area contributed by atoms with Crippen LogP contribution in [0.5, 0.6) is 0 Å². The molecule has 1 heterocycles. The molecule has 3 fully saturated rings. The number of hydrogen-bond acceptors (Lipinski definition) is 3. The number of allylic oxidation sites excluding steroid dienone is 2. The average Bonchev–Trinajstić information content (AvgIpc) is 3.59. The molecule has 7 atom stereocenters. The molecule has 168 valence electrons. The van der Waals surface area contributed by atoms with Gasteiger partial charge in [0, 0.05) is 11.4 Å². The number of benzene rings is 2. The van der Waals surface area contributed by atoms with Crippen LogP contribution in [0.4, 0.5) is 5.69 Å². The SMILES string of the molecule is O=C(Nc1cc(Cl)ccc1Cl)[C@H](Cc1ccccc1)N1C(=O)[C@@H]2[C@H]3C=C[C@@H]([C@@H]4C[C@H]34)[C@@H]2C1=O. The molecule has 1 N–H and O–H groups in total. The first-order valence-corrected chi connectivity index (χ1v) is 12.0. The molecule has 0 radical (unpaired) electrons. The number of nitrogens with zero attached hydrogens (tertiary/aromatic N) is 1. The highest BCUT2D eigenvalue weighted by Crippen LogP contribution is 2.65. The zero-order valence-corrected chi connectivity index (χ0v) is 19.2. The first-order valence-electron chi connectivity index (χ1n) is 11.3. The Bertz CT molecular complexity index is 1160. The number of carbonyl (C=O) groups excluding carboxylic acids is 3. The van der Waals surface area contributed by atoms with E-state index in [0.717, 1.165) is 12.0 Å². The van der Waals surface area contributed by atoms with Crippen molar-refractivity contribution >= 4 is 46.6 Å². The molecule has 2 aromatic rings. The summed E-state index contributed by atoms with van der Waals surface area (Å²) in [7, 11) is 0. The van der Waals surface area contributed by atoms with Crippen LogP contribution >= 0.6 is 23.2 Å². The molecule has 4 aliphatic carbocycles. The Kier molecular flexibility index (Phi) is 4.89. The molecule has 7 heteroatoms. The van der Waals surface area contributed by atoms with Crippen molar-refractivity contribution < 1.29 is 14.4 Å². The Hall–Kier alpha value is -2.63. The maximum absolute atomic E-state index is 13.7. The minimum Gasteiger partial charge on any atom is -0.323 e. The van der Waals surface area contributed by atoms with Crippen LogP contribution in [0.15, 0.2) is 60.7 Å². The topological polar surface area (TPSA) is 66.5 Å². The van der Waals surface area contributed by atoms with E-state index < -0.39 is 11.9 Å². The number of imide groups is 1. The van der Waals surface area contributed by atoms with Gasteiger partial charge in [0.25, 0.3) is 0 Å². The Morgan fingerprint density at radius 3 is 2.24 bits per heavy atom. The van der Waals surface area contributed by atoms with E-state index in [1.807, 2.05) is 30.3 Å². The second kappa shape index (κ2) is 7.71. The van der Waals surface area contributed by atoms with Gasteiger partial charge >= 0.3 is 0 Å². The van der Waals surface area contributed by atoms with Gasteiger partial charge in [0.2, 0.25) is 17.7 Å². The fraction of sp³-hybridized carbons (Fsp3) is 0.346. The summed E-state index contributed by atoms with van der Waals surface area (Å²) in [6, 6.07) is 13.3. The van der Waals surface area contributed by atoms with Crippen LogP contribution in [0.1, 0.15) is 12.0 Å². The minimum atomic E-state index is -0.969. The van der Waals surface area contributed by atoms with E-state index in [-0.39, 0.29) is 41.9 Å². The van der Waals surface area contributed by atoms with Gasteiger partial charge in [0.05, 0.1) is 22.5 Å². The highest BCUT2D eigenvalue weighted by molar-refractivity contribution is 6.35. The number of amides is 3. The third-order valence-electron chi connectivity index (χ3n) is 7.77. The molecule has 5 nitrogen and oxygen atoms in total. The summed E-state index contributed by atoms with van der Waals surface area (Å²) in [5.41, 5.74) is 1.22. The quantitative estimate of drug-likeness (QED) is 0.502. The fourth-order valence-corrected chi connectivity index (χ4v) is 6.57. The van der Waals surface area contributed by atoms with Crippen LogP contribution in [0, 0.1) is 35.5 Å². The first-order chi connectivity index (χ1) is 15.9. The van der Waals surface area contributed by atoms with Crippen LogP contribution in [-0.2, 0) is 20.8 Å². The number of likely N-dealkylation sites (tertiary alicyclic amines) is 1. The zero-order chi connectivity index (χ0) is 22.9. The van der Waals surface area contributed by atoms with E-state index in [1.54, 1.807) is 18.2 Å². The molecular formula is C26H22Cl2N2O3. The number of carbonyl (C=O) groups is 3. The summed E-state index contributed by atoms with van der Waals surface area (Å²) in [6.45, 7) is 0. The minimum absolute atomic E-state index is 0.106. The summed E-state index contributed by atoms with van der Waals surface area (Å²) < 4.78 is 0. The molecule has 0 aromatic heterocycles. The van der Waals surface area contributed by atoms with E-state index in [1.165, 1.54) is 4.90 Å². The van der Waals surface area contributed by atoms with Crippen molar-refractivity contribution in [2.45, 2.75) is 18.9 Å². The number of rotatable bonds is 5. The monoisotopic (exact) mass is 480 g/mol. The number of hydrogen-bond donors (Lipinski definition) is 1. The van der Waals surface area contributed by atoms with Gasteiger partial charge in [-0.3, -0.25) is 19.3 Å². The first kappa shape index (κ1) is 20.9. The predicted molar refractivity (Wildman–Crippen MR) is 126 cm³/mol. The third kappa shape index (κ3) is 3.32. The van der Waals surface area contributed by atoms with Crippen molar-refractivity contribution in [3.63, 3.8) is 0 Å². The van der Waals surface area contributed by atoms with E-state index in [2.05, 4.69) is 17.5 Å². The molecule has 1 aliphatic heterocycles. The molecule has 33 heavy (non-hydrogen) atoms. The summed E-state index contributed by atoms with van der Waals surface area (Å²) in [4.78, 5) is 42.1. The molecule has 2 bridgehead atoms. The number of halogens is 2. The van der Waals surface area contributed by atoms with Crippen LogP contribution in [0.3, 0.4) is 0 Å². The van der Waals surface area contributed by atoms with Gasteiger partial charge in [0.15, 0.2) is 0 Å². The lowest BCUT2D eigenvalue weighted by Gasteiger charge is -2.37. The highest BCUT2D eigenvalue weighted by Gasteiger charge is 2.67. The van der Waals surface area contributed by atoms with Crippen molar-refractivity contribution in [1.82, 2.24) is 4.90 Å². The van der Waals surface area contributed by atoms with E-state index in [9.17, 15) is 14.4 Å². The Morgan fingerprint density at radius 2 is 1.61 bits per heavy atom. The van der Waals surface area contributed by atoms with Crippen LogP contribution in [0.2, 0.25) is 10.0 Å². The molecule has 7 rings (SSSR count). The van der Waals surface area contributed by atoms with Gasteiger partial charge in [-0.2, -0.15) is 0 Å². The van der Waals surface area contributed by atoms with E-state index in [4.69, 9.17) is 23.2 Å². The van der Waals surface area contributed by atoms with Crippen LogP contribution in [0.25, 0.3) is 0 Å². The Balaban J connectivity index is 1.34. The van der Waals surface area contributed by atoms with E-state index in [0.29, 0.717) is 27.6 Å². The number of nitrogens with one attached hydrogen (secondary N) is 1. The highest BCUT2D eigenvalue weighted by atomic mass is 35.5. The lowest BCUT2D eigenvalue weighted by Crippen LogP contribution is -2.49. The molecule has 0 spiro atoms. The molecular weight excluding hydrogens is 459 g/mol. The Morgan fingerprint density at radius 1 is 0.970 bits per heavy atom. The lowest BCUT2D eigenvalue weighted by molar-refractivity contribution is -0.146. The van der Waals surface area contributed by atoms with Gasteiger partial charge in [-0.25, -0.2) is 0 Å². The fourth-order valence-electron chi connectivity index (χ4n) is 6.24. The lowest BCUT2D eigenvalue weighted by atomic mass is 9.63. The van der Waals surface area contributed by atoms with Gasteiger partial charge < -0.3 is 5.32 Å². The van der Waals surface area contributed by atoms with Gasteiger partial charge in [-0.1, -0.05) is 65.7 Å². The summed E-state index contributed by atoms with van der Waals surface area (Å²) in [5.74, 6) is -0.369. The maximum atomic E-state index is 13.7. The van der Waals surface area contributed by atoms with Crippen molar-refractivity contribution in [1.29, 1.82) is 0 Å². The molecule has 2 saturated carbocycles.